The molecule has 0 aromatic heterocycles. The molecule has 0 amide bonds. The predicted molar refractivity (Wildman–Crippen MR) is 75.6 cm³/mol. The molecule has 0 aliphatic carbocycles. The van der Waals surface area contributed by atoms with Crippen LogP contribution in [0.4, 0.5) is 4.39 Å². The Hall–Kier alpha value is -1.62. The number of benzene rings is 1. The van der Waals surface area contributed by atoms with E-state index in [2.05, 4.69) is 5.32 Å². The van der Waals surface area contributed by atoms with Gasteiger partial charge in [0.25, 0.3) is 0 Å². The molecule has 0 fully saturated rings. The number of hydrogen-bond acceptors (Lipinski definition) is 3. The van der Waals surface area contributed by atoms with Crippen molar-refractivity contribution in [1.29, 1.82) is 0 Å². The first-order chi connectivity index (χ1) is 9.28. The summed E-state index contributed by atoms with van der Waals surface area (Å²) in [7, 11) is 0. The van der Waals surface area contributed by atoms with Crippen LogP contribution < -0.4 is 10.1 Å². The maximum absolute atomic E-state index is 13.0. The minimum absolute atomic E-state index is 0.306. The molecule has 0 saturated carbocycles. The van der Waals surface area contributed by atoms with Crippen LogP contribution in [0.2, 0.25) is 0 Å². The molecule has 2 atom stereocenters. The fourth-order valence-electron chi connectivity index (χ4n) is 2.20. The molecule has 2 unspecified atom stereocenters. The summed E-state index contributed by atoms with van der Waals surface area (Å²) in [5.74, 6) is -0.653. The largest absolute Gasteiger partial charge is 0.490 e. The highest BCUT2D eigenvalue weighted by Gasteiger charge is 2.34. The Balaban J connectivity index is 2.75. The first-order valence-corrected chi connectivity index (χ1v) is 6.69. The minimum Gasteiger partial charge on any atom is -0.490 e. The van der Waals surface area contributed by atoms with Crippen LogP contribution in [0.1, 0.15) is 32.8 Å². The van der Waals surface area contributed by atoms with E-state index in [-0.39, 0.29) is 11.9 Å². The van der Waals surface area contributed by atoms with E-state index in [0.29, 0.717) is 24.3 Å². The van der Waals surface area contributed by atoms with Crippen LogP contribution in [0.25, 0.3) is 0 Å². The second kappa shape index (κ2) is 6.70. The zero-order valence-corrected chi connectivity index (χ0v) is 12.4. The topological polar surface area (TPSA) is 58.6 Å². The number of likely N-dealkylation sites (N-methyl/N-ethyl adjacent to an activating group) is 1. The maximum atomic E-state index is 13.0. The standard InChI is InChI=1S/C15H22FNO3/c1-5-17-15(4,14(18)19)9-11(3)20-13-7-6-12(16)8-10(13)2/h6-8,11,17H,5,9H2,1-4H3,(H,18,19). The Morgan fingerprint density at radius 3 is 2.70 bits per heavy atom. The first kappa shape index (κ1) is 16.4. The van der Waals surface area contributed by atoms with E-state index < -0.39 is 11.5 Å². The van der Waals surface area contributed by atoms with E-state index in [1.807, 2.05) is 6.92 Å². The molecule has 2 N–H and O–H groups in total. The zero-order chi connectivity index (χ0) is 15.3. The number of carboxylic acid groups (broad SMARTS) is 1. The number of aliphatic carboxylic acids is 1. The first-order valence-electron chi connectivity index (χ1n) is 6.69. The van der Waals surface area contributed by atoms with Crippen LogP contribution in [0, 0.1) is 12.7 Å². The number of carbonyl (C=O) groups is 1. The molecule has 0 radical (unpaired) electrons. The van der Waals surface area contributed by atoms with E-state index >= 15 is 0 Å². The van der Waals surface area contributed by atoms with Gasteiger partial charge in [-0.15, -0.1) is 0 Å². The molecule has 1 aromatic rings. The molecule has 20 heavy (non-hydrogen) atoms. The third-order valence-electron chi connectivity index (χ3n) is 3.20. The third-order valence-corrected chi connectivity index (χ3v) is 3.20. The third kappa shape index (κ3) is 4.20. The number of rotatable bonds is 7. The van der Waals surface area contributed by atoms with E-state index in [4.69, 9.17) is 4.74 Å². The highest BCUT2D eigenvalue weighted by Crippen LogP contribution is 2.23. The lowest BCUT2D eigenvalue weighted by Gasteiger charge is -2.29. The smallest absolute Gasteiger partial charge is 0.323 e. The lowest BCUT2D eigenvalue weighted by atomic mass is 9.95. The van der Waals surface area contributed by atoms with Gasteiger partial charge in [-0.3, -0.25) is 4.79 Å². The van der Waals surface area contributed by atoms with Gasteiger partial charge in [-0.25, -0.2) is 4.39 Å². The molecule has 4 nitrogen and oxygen atoms in total. The summed E-state index contributed by atoms with van der Waals surface area (Å²) in [6.45, 7) is 7.62. The Kier molecular flexibility index (Phi) is 5.51. The van der Waals surface area contributed by atoms with Crippen molar-refractivity contribution < 1.29 is 19.0 Å². The SMILES string of the molecule is CCNC(C)(CC(C)Oc1ccc(F)cc1C)C(=O)O. The van der Waals surface area contributed by atoms with Gasteiger partial charge in [-0.1, -0.05) is 6.92 Å². The summed E-state index contributed by atoms with van der Waals surface area (Å²) >= 11 is 0. The number of hydrogen-bond donors (Lipinski definition) is 2. The normalized spacial score (nSPS) is 15.4. The molecule has 0 aliphatic rings. The Morgan fingerprint density at radius 2 is 2.20 bits per heavy atom. The Labute approximate surface area is 119 Å². The van der Waals surface area contributed by atoms with Gasteiger partial charge in [0, 0.05) is 6.42 Å². The van der Waals surface area contributed by atoms with Gasteiger partial charge < -0.3 is 15.2 Å². The van der Waals surface area contributed by atoms with Crippen molar-refractivity contribution >= 4 is 5.97 Å². The highest BCUT2D eigenvalue weighted by atomic mass is 19.1. The van der Waals surface area contributed by atoms with Gasteiger partial charge in [-0.2, -0.15) is 0 Å². The molecule has 0 aliphatic heterocycles. The van der Waals surface area contributed by atoms with Crippen molar-refractivity contribution in [2.24, 2.45) is 0 Å². The average Bonchev–Trinajstić information content (AvgIpc) is 2.32. The summed E-state index contributed by atoms with van der Waals surface area (Å²) < 4.78 is 18.7. The molecule has 0 spiro atoms. The van der Waals surface area contributed by atoms with Crippen LogP contribution in [0.3, 0.4) is 0 Å². The molecule has 112 valence electrons. The van der Waals surface area contributed by atoms with Gasteiger partial charge in [-0.05, 0) is 51.1 Å². The Morgan fingerprint density at radius 1 is 1.55 bits per heavy atom. The van der Waals surface area contributed by atoms with Gasteiger partial charge in [0.1, 0.15) is 17.1 Å². The monoisotopic (exact) mass is 283 g/mol. The zero-order valence-electron chi connectivity index (χ0n) is 12.4. The Bertz CT molecular complexity index is 478. The molecule has 0 saturated heterocycles. The fourth-order valence-corrected chi connectivity index (χ4v) is 2.20. The molecular formula is C15H22FNO3. The van der Waals surface area contributed by atoms with E-state index in [1.54, 1.807) is 26.8 Å². The van der Waals surface area contributed by atoms with E-state index in [9.17, 15) is 14.3 Å². The van der Waals surface area contributed by atoms with Crippen LogP contribution in [-0.2, 0) is 4.79 Å². The summed E-state index contributed by atoms with van der Waals surface area (Å²) in [6.07, 6.45) is 0.00630. The van der Waals surface area contributed by atoms with Crippen LogP contribution in [0.15, 0.2) is 18.2 Å². The lowest BCUT2D eigenvalue weighted by Crippen LogP contribution is -2.51. The molecule has 0 bridgehead atoms. The second-order valence-electron chi connectivity index (χ2n) is 5.21. The predicted octanol–water partition coefficient (Wildman–Crippen LogP) is 2.74. The summed E-state index contributed by atoms with van der Waals surface area (Å²) in [4.78, 5) is 11.3. The van der Waals surface area contributed by atoms with Crippen molar-refractivity contribution in [1.82, 2.24) is 5.32 Å². The van der Waals surface area contributed by atoms with E-state index in [0.717, 1.165) is 0 Å². The van der Waals surface area contributed by atoms with Crippen molar-refractivity contribution in [3.05, 3.63) is 29.6 Å². The molecule has 0 heterocycles. The van der Waals surface area contributed by atoms with Crippen molar-refractivity contribution in [3.63, 3.8) is 0 Å². The average molecular weight is 283 g/mol. The summed E-state index contributed by atoms with van der Waals surface area (Å²) in [5.41, 5.74) is -0.348. The summed E-state index contributed by atoms with van der Waals surface area (Å²) in [6, 6.07) is 4.28. The number of carboxylic acids is 1. The number of ether oxygens (including phenoxy) is 1. The van der Waals surface area contributed by atoms with Gasteiger partial charge in [0.05, 0.1) is 6.10 Å². The van der Waals surface area contributed by atoms with Gasteiger partial charge in [0.15, 0.2) is 0 Å². The second-order valence-corrected chi connectivity index (χ2v) is 5.21. The molecular weight excluding hydrogens is 261 g/mol. The number of nitrogens with one attached hydrogen (secondary N) is 1. The van der Waals surface area contributed by atoms with Crippen LogP contribution in [-0.4, -0.2) is 29.3 Å². The van der Waals surface area contributed by atoms with Crippen molar-refractivity contribution in [2.45, 2.75) is 45.8 Å². The number of halogens is 1. The number of aryl methyl sites for hydroxylation is 1. The highest BCUT2D eigenvalue weighted by molar-refractivity contribution is 5.78. The van der Waals surface area contributed by atoms with Crippen LogP contribution in [0.5, 0.6) is 5.75 Å². The quantitative estimate of drug-likeness (QED) is 0.808. The van der Waals surface area contributed by atoms with E-state index in [1.165, 1.54) is 12.1 Å². The van der Waals surface area contributed by atoms with Crippen molar-refractivity contribution in [2.75, 3.05) is 6.54 Å². The molecule has 1 rings (SSSR count). The fraction of sp³-hybridized carbons (Fsp3) is 0.533. The van der Waals surface area contributed by atoms with Gasteiger partial charge in [0.2, 0.25) is 0 Å². The maximum Gasteiger partial charge on any atom is 0.323 e. The van der Waals surface area contributed by atoms with Crippen molar-refractivity contribution in [3.8, 4) is 5.75 Å². The van der Waals surface area contributed by atoms with Crippen LogP contribution >= 0.6 is 0 Å². The summed E-state index contributed by atoms with van der Waals surface area (Å²) in [5, 5.41) is 12.3. The molecule has 5 heteroatoms. The lowest BCUT2D eigenvalue weighted by molar-refractivity contribution is -0.145. The van der Waals surface area contributed by atoms with Gasteiger partial charge >= 0.3 is 5.97 Å². The minimum atomic E-state index is -1.04. The molecule has 1 aromatic carbocycles.